The van der Waals surface area contributed by atoms with E-state index in [1.54, 1.807) is 66.1 Å². The molecule has 42 heavy (non-hydrogen) atoms. The number of hydrogen-bond donors (Lipinski definition) is 0. The molecule has 0 unspecified atom stereocenters. The normalized spacial score (nSPS) is 16.2. The number of halogens is 2. The van der Waals surface area contributed by atoms with Gasteiger partial charge in [0.1, 0.15) is 18.1 Å². The number of aromatic nitrogens is 2. The van der Waals surface area contributed by atoms with Crippen LogP contribution >= 0.6 is 23.2 Å². The number of ether oxygens (including phenoxy) is 3. The average molecular weight is 606 g/mol. The Morgan fingerprint density at radius 1 is 1.21 bits per heavy atom. The lowest BCUT2D eigenvalue weighted by Gasteiger charge is -2.41. The Balaban J connectivity index is 1.78. The van der Waals surface area contributed by atoms with Crippen LogP contribution in [0.15, 0.2) is 60.7 Å². The van der Waals surface area contributed by atoms with Gasteiger partial charge in [-0.25, -0.2) is 4.68 Å². The smallest absolute Gasteiger partial charge is 0.275 e. The molecular formula is C32H30Cl2N4O4. The van der Waals surface area contributed by atoms with Gasteiger partial charge in [-0.2, -0.15) is 10.4 Å². The van der Waals surface area contributed by atoms with Gasteiger partial charge in [0.05, 0.1) is 43.3 Å². The van der Waals surface area contributed by atoms with E-state index in [-0.39, 0.29) is 18.2 Å². The van der Waals surface area contributed by atoms with E-state index in [9.17, 15) is 10.1 Å². The van der Waals surface area contributed by atoms with Gasteiger partial charge >= 0.3 is 0 Å². The van der Waals surface area contributed by atoms with Gasteiger partial charge in [-0.05, 0) is 56.7 Å². The fourth-order valence-corrected chi connectivity index (χ4v) is 5.77. The molecule has 2 aromatic carbocycles. The predicted octanol–water partition coefficient (Wildman–Crippen LogP) is 7.04. The molecule has 2 aliphatic heterocycles. The van der Waals surface area contributed by atoms with Gasteiger partial charge in [0, 0.05) is 44.9 Å². The lowest BCUT2D eigenvalue weighted by Crippen LogP contribution is -2.55. The minimum absolute atomic E-state index is 0.117. The fourth-order valence-electron chi connectivity index (χ4n) is 5.25. The van der Waals surface area contributed by atoms with Gasteiger partial charge in [0.25, 0.3) is 5.91 Å². The van der Waals surface area contributed by atoms with Crippen LogP contribution in [-0.4, -0.2) is 53.0 Å². The van der Waals surface area contributed by atoms with E-state index in [1.807, 2.05) is 19.9 Å². The van der Waals surface area contributed by atoms with Crippen molar-refractivity contribution in [3.63, 3.8) is 0 Å². The summed E-state index contributed by atoms with van der Waals surface area (Å²) in [7, 11) is 1.57. The number of amides is 1. The SMILES string of the molecule is C=C/C(=C\C(C#N)=C/C)c1cc2c(cc1OC)OCc1c(C(=O)N3CCOCC3(C)C)nn(-c3cc(Cl)cc(Cl)c3)c1-2. The van der Waals surface area contributed by atoms with Crippen molar-refractivity contribution in [2.24, 2.45) is 0 Å². The number of carbonyl (C=O) groups is 1. The molecule has 216 valence electrons. The van der Waals surface area contributed by atoms with Crippen molar-refractivity contribution in [1.82, 2.24) is 14.7 Å². The van der Waals surface area contributed by atoms with E-state index in [0.29, 0.717) is 80.5 Å². The minimum atomic E-state index is -0.520. The summed E-state index contributed by atoms with van der Waals surface area (Å²) >= 11 is 12.8. The summed E-state index contributed by atoms with van der Waals surface area (Å²) in [6.45, 7) is 11.1. The highest BCUT2D eigenvalue weighted by atomic mass is 35.5. The first kappa shape index (κ1) is 29.5. The lowest BCUT2D eigenvalue weighted by molar-refractivity contribution is -0.0374. The van der Waals surface area contributed by atoms with Crippen LogP contribution in [0.25, 0.3) is 22.5 Å². The maximum absolute atomic E-state index is 14.1. The van der Waals surface area contributed by atoms with Crippen LogP contribution in [-0.2, 0) is 11.3 Å². The number of rotatable bonds is 6. The molecule has 1 saturated heterocycles. The van der Waals surface area contributed by atoms with E-state index in [2.05, 4.69) is 12.6 Å². The molecule has 5 rings (SSSR count). The second kappa shape index (κ2) is 11.7. The van der Waals surface area contributed by atoms with Gasteiger partial charge in [0.2, 0.25) is 0 Å². The molecule has 3 aromatic rings. The molecule has 0 bridgehead atoms. The Labute approximate surface area is 255 Å². The number of morpholine rings is 1. The van der Waals surface area contributed by atoms with Crippen LogP contribution < -0.4 is 9.47 Å². The molecule has 0 spiro atoms. The minimum Gasteiger partial charge on any atom is -0.496 e. The molecule has 10 heteroatoms. The van der Waals surface area contributed by atoms with E-state index in [1.165, 1.54) is 0 Å². The molecule has 1 amide bonds. The van der Waals surface area contributed by atoms with Crippen molar-refractivity contribution in [2.45, 2.75) is 32.9 Å². The van der Waals surface area contributed by atoms with Gasteiger partial charge in [-0.15, -0.1) is 0 Å². The van der Waals surface area contributed by atoms with Gasteiger partial charge in [-0.1, -0.05) is 41.9 Å². The van der Waals surface area contributed by atoms with Crippen molar-refractivity contribution in [1.29, 1.82) is 5.26 Å². The summed E-state index contributed by atoms with van der Waals surface area (Å²) in [5, 5.41) is 15.3. The standard InChI is InChI=1S/C32H30Cl2N4O4/c1-6-19(16-35)10-20(7-2)24-14-25-28(15-27(24)40-5)42-17-26-29(31(39)37-8-9-41-18-32(37,3)4)36-38(30(25)26)23-12-21(33)11-22(34)13-23/h6-7,10-15H,2,8-9,17-18H2,1,3-5H3/b19-6+,20-10+. The van der Waals surface area contributed by atoms with Crippen LogP contribution in [0.1, 0.15) is 42.4 Å². The highest BCUT2D eigenvalue weighted by molar-refractivity contribution is 6.34. The number of nitriles is 1. The maximum atomic E-state index is 14.1. The third-order valence-corrected chi connectivity index (χ3v) is 7.82. The fraction of sp³-hybridized carbons (Fsp3) is 0.281. The zero-order valence-electron chi connectivity index (χ0n) is 23.8. The number of hydrogen-bond acceptors (Lipinski definition) is 6. The summed E-state index contributed by atoms with van der Waals surface area (Å²) in [6.07, 6.45) is 5.13. The molecule has 0 N–H and O–H groups in total. The second-order valence-corrected chi connectivity index (χ2v) is 11.4. The molecule has 1 fully saturated rings. The van der Waals surface area contributed by atoms with Gasteiger partial charge in [-0.3, -0.25) is 4.79 Å². The number of benzene rings is 2. The van der Waals surface area contributed by atoms with Crippen LogP contribution in [0.2, 0.25) is 10.0 Å². The van der Waals surface area contributed by atoms with Crippen molar-refractivity contribution < 1.29 is 19.0 Å². The largest absolute Gasteiger partial charge is 0.496 e. The highest BCUT2D eigenvalue weighted by Crippen LogP contribution is 2.45. The topological polar surface area (TPSA) is 89.6 Å². The predicted molar refractivity (Wildman–Crippen MR) is 163 cm³/mol. The molecule has 2 aliphatic rings. The molecule has 1 aromatic heterocycles. The van der Waals surface area contributed by atoms with E-state index >= 15 is 0 Å². The Kier molecular flexibility index (Phi) is 8.20. The number of methoxy groups -OCH3 is 1. The first-order valence-corrected chi connectivity index (χ1v) is 14.1. The molecular weight excluding hydrogens is 575 g/mol. The maximum Gasteiger partial charge on any atom is 0.275 e. The Morgan fingerprint density at radius 2 is 1.95 bits per heavy atom. The van der Waals surface area contributed by atoms with Gasteiger partial charge in [0.15, 0.2) is 5.69 Å². The van der Waals surface area contributed by atoms with E-state index in [4.69, 9.17) is 42.5 Å². The molecule has 8 nitrogen and oxygen atoms in total. The molecule has 0 saturated carbocycles. The summed E-state index contributed by atoms with van der Waals surface area (Å²) in [6, 6.07) is 11.0. The summed E-state index contributed by atoms with van der Waals surface area (Å²) in [4.78, 5) is 15.9. The number of fused-ring (bicyclic) bond motifs is 3. The van der Waals surface area contributed by atoms with Crippen molar-refractivity contribution in [3.8, 4) is 34.5 Å². The van der Waals surface area contributed by atoms with Crippen molar-refractivity contribution >= 4 is 34.7 Å². The zero-order valence-corrected chi connectivity index (χ0v) is 25.3. The molecule has 0 atom stereocenters. The number of carbonyl (C=O) groups excluding carboxylic acids is 1. The van der Waals surface area contributed by atoms with Crippen LogP contribution in [0, 0.1) is 11.3 Å². The Morgan fingerprint density at radius 3 is 2.57 bits per heavy atom. The summed E-state index contributed by atoms with van der Waals surface area (Å²) in [5.41, 5.74) is 4.18. The van der Waals surface area contributed by atoms with Crippen LogP contribution in [0.5, 0.6) is 11.5 Å². The quantitative estimate of drug-likeness (QED) is 0.221. The molecule has 0 aliphatic carbocycles. The third-order valence-electron chi connectivity index (χ3n) is 7.38. The Hall–Kier alpha value is -4.03. The van der Waals surface area contributed by atoms with Crippen LogP contribution in [0.3, 0.4) is 0 Å². The number of allylic oxidation sites excluding steroid dienone is 5. The van der Waals surface area contributed by atoms with Gasteiger partial charge < -0.3 is 19.1 Å². The lowest BCUT2D eigenvalue weighted by atomic mass is 9.94. The first-order valence-electron chi connectivity index (χ1n) is 13.4. The zero-order chi connectivity index (χ0) is 30.2. The van der Waals surface area contributed by atoms with Crippen molar-refractivity contribution in [2.75, 3.05) is 26.9 Å². The first-order chi connectivity index (χ1) is 20.1. The molecule has 0 radical (unpaired) electrons. The second-order valence-electron chi connectivity index (χ2n) is 10.5. The van der Waals surface area contributed by atoms with E-state index in [0.717, 1.165) is 0 Å². The van der Waals surface area contributed by atoms with Crippen molar-refractivity contribution in [3.05, 3.63) is 87.6 Å². The van der Waals surface area contributed by atoms with Crippen LogP contribution in [0.4, 0.5) is 0 Å². The van der Waals surface area contributed by atoms with E-state index < -0.39 is 5.54 Å². The highest BCUT2D eigenvalue weighted by Gasteiger charge is 2.39. The molecule has 3 heterocycles. The average Bonchev–Trinajstić information content (AvgIpc) is 3.36. The summed E-state index contributed by atoms with van der Waals surface area (Å²) < 4.78 is 19.3. The number of nitrogens with zero attached hydrogens (tertiary/aromatic N) is 4. The Bertz CT molecular complexity index is 1680. The summed E-state index contributed by atoms with van der Waals surface area (Å²) in [5.74, 6) is 0.878. The third kappa shape index (κ3) is 5.32. The monoisotopic (exact) mass is 604 g/mol.